The lowest BCUT2D eigenvalue weighted by atomic mass is 9.75. The van der Waals surface area contributed by atoms with Crippen LogP contribution < -0.4 is 0 Å². The Hall–Kier alpha value is -0.590. The summed E-state index contributed by atoms with van der Waals surface area (Å²) in [4.78, 5) is 10.2. The number of hydrogen-bond donors (Lipinski definition) is 0. The lowest BCUT2D eigenvalue weighted by Crippen LogP contribution is -2.20. The Labute approximate surface area is 81.2 Å². The van der Waals surface area contributed by atoms with Gasteiger partial charge in [-0.25, -0.2) is 0 Å². The van der Waals surface area contributed by atoms with Crippen molar-refractivity contribution in [2.24, 2.45) is 11.3 Å². The molecule has 0 amide bonds. The summed E-state index contributed by atoms with van der Waals surface area (Å²) >= 11 is 0. The second-order valence-corrected chi connectivity index (χ2v) is 4.64. The van der Waals surface area contributed by atoms with Crippen LogP contribution in [0.4, 0.5) is 0 Å². The van der Waals surface area contributed by atoms with E-state index in [0.717, 1.165) is 25.0 Å². The minimum absolute atomic E-state index is 0.364. The molecule has 1 aliphatic rings. The summed E-state index contributed by atoms with van der Waals surface area (Å²) < 4.78 is 0. The fourth-order valence-electron chi connectivity index (χ4n) is 2.12. The molecule has 0 saturated carbocycles. The van der Waals surface area contributed by atoms with Crippen molar-refractivity contribution in [2.75, 3.05) is 0 Å². The molecule has 0 aromatic heterocycles. The van der Waals surface area contributed by atoms with E-state index in [9.17, 15) is 4.79 Å². The number of unbranched alkanes of at least 4 members (excludes halogenated alkanes) is 1. The highest BCUT2D eigenvalue weighted by atomic mass is 16.1. The second-order valence-electron chi connectivity index (χ2n) is 4.64. The monoisotopic (exact) mass is 180 g/mol. The largest absolute Gasteiger partial charge is 0.303 e. The van der Waals surface area contributed by atoms with E-state index in [1.54, 1.807) is 0 Å². The van der Waals surface area contributed by atoms with E-state index in [-0.39, 0.29) is 0 Å². The Morgan fingerprint density at radius 1 is 1.62 bits per heavy atom. The summed E-state index contributed by atoms with van der Waals surface area (Å²) in [5.74, 6) is 0.757. The molecule has 0 aliphatic heterocycles. The summed E-state index contributed by atoms with van der Waals surface area (Å²) in [7, 11) is 0. The molecule has 0 aromatic carbocycles. The summed E-state index contributed by atoms with van der Waals surface area (Å²) in [5, 5.41) is 0. The van der Waals surface area contributed by atoms with Gasteiger partial charge in [-0.2, -0.15) is 0 Å². The predicted octanol–water partition coefficient (Wildman–Crippen LogP) is 3.35. The zero-order valence-corrected chi connectivity index (χ0v) is 8.97. The van der Waals surface area contributed by atoms with Crippen LogP contribution in [-0.2, 0) is 4.79 Å². The van der Waals surface area contributed by atoms with Crippen molar-refractivity contribution < 1.29 is 4.79 Å². The number of carbonyl (C=O) groups excluding carboxylic acids is 1. The van der Waals surface area contributed by atoms with Crippen LogP contribution in [0, 0.1) is 11.3 Å². The lowest BCUT2D eigenvalue weighted by Gasteiger charge is -2.29. The van der Waals surface area contributed by atoms with Crippen LogP contribution in [0.2, 0.25) is 0 Å². The van der Waals surface area contributed by atoms with Crippen LogP contribution in [0.25, 0.3) is 0 Å². The molecule has 1 heteroatoms. The molecule has 1 nitrogen and oxygen atoms in total. The third-order valence-corrected chi connectivity index (χ3v) is 3.62. The van der Waals surface area contributed by atoms with Crippen LogP contribution in [0.15, 0.2) is 11.6 Å². The van der Waals surface area contributed by atoms with E-state index < -0.39 is 0 Å². The highest BCUT2D eigenvalue weighted by Gasteiger charge is 2.33. The van der Waals surface area contributed by atoms with Gasteiger partial charge in [-0.3, -0.25) is 0 Å². The average molecular weight is 180 g/mol. The van der Waals surface area contributed by atoms with Gasteiger partial charge in [0.2, 0.25) is 0 Å². The fourth-order valence-corrected chi connectivity index (χ4v) is 2.12. The summed E-state index contributed by atoms with van der Waals surface area (Å²) in [6.07, 6.45) is 7.56. The van der Waals surface area contributed by atoms with E-state index in [2.05, 4.69) is 26.8 Å². The maximum Gasteiger partial charge on any atom is 0.119 e. The molecule has 74 valence electrons. The lowest BCUT2D eigenvalue weighted by molar-refractivity contribution is -0.108. The summed E-state index contributed by atoms with van der Waals surface area (Å²) in [6.45, 7) is 6.86. The molecular weight excluding hydrogens is 160 g/mol. The smallest absolute Gasteiger partial charge is 0.119 e. The number of allylic oxidation sites excluding steroid dienone is 2. The minimum Gasteiger partial charge on any atom is -0.303 e. The molecule has 0 aromatic rings. The van der Waals surface area contributed by atoms with Gasteiger partial charge in [0.15, 0.2) is 0 Å². The van der Waals surface area contributed by atoms with Gasteiger partial charge in [0, 0.05) is 6.42 Å². The summed E-state index contributed by atoms with van der Waals surface area (Å²) in [6, 6.07) is 0. The molecule has 0 N–H and O–H groups in total. The van der Waals surface area contributed by atoms with Gasteiger partial charge >= 0.3 is 0 Å². The molecule has 1 unspecified atom stereocenters. The molecule has 1 rings (SSSR count). The number of aldehydes is 1. The third-order valence-electron chi connectivity index (χ3n) is 3.62. The maximum atomic E-state index is 10.2. The first-order chi connectivity index (χ1) is 6.09. The first-order valence-corrected chi connectivity index (χ1v) is 5.20. The van der Waals surface area contributed by atoms with E-state index in [4.69, 9.17) is 0 Å². The Morgan fingerprint density at radius 2 is 2.31 bits per heavy atom. The zero-order valence-electron chi connectivity index (χ0n) is 8.97. The molecule has 13 heavy (non-hydrogen) atoms. The number of hydrogen-bond acceptors (Lipinski definition) is 1. The van der Waals surface area contributed by atoms with Crippen molar-refractivity contribution in [3.05, 3.63) is 11.6 Å². The Bertz CT molecular complexity index is 213. The van der Waals surface area contributed by atoms with E-state index >= 15 is 0 Å². The topological polar surface area (TPSA) is 17.1 Å². The number of rotatable bonds is 4. The summed E-state index contributed by atoms with van der Waals surface area (Å²) in [5.41, 5.74) is 1.88. The highest BCUT2D eigenvalue weighted by molar-refractivity contribution is 5.48. The van der Waals surface area contributed by atoms with Crippen molar-refractivity contribution in [3.63, 3.8) is 0 Å². The van der Waals surface area contributed by atoms with Crippen molar-refractivity contribution in [3.8, 4) is 0 Å². The van der Waals surface area contributed by atoms with Gasteiger partial charge in [0.05, 0.1) is 0 Å². The molecule has 0 fully saturated rings. The molecule has 0 heterocycles. The molecule has 1 atom stereocenters. The van der Waals surface area contributed by atoms with Crippen LogP contribution in [0.5, 0.6) is 0 Å². The van der Waals surface area contributed by atoms with Crippen LogP contribution in [-0.4, -0.2) is 6.29 Å². The van der Waals surface area contributed by atoms with Crippen LogP contribution >= 0.6 is 0 Å². The molecule has 0 saturated heterocycles. The fraction of sp³-hybridized carbons (Fsp3) is 0.750. The third kappa shape index (κ3) is 2.20. The molecule has 0 radical (unpaired) electrons. The second kappa shape index (κ2) is 4.08. The Balaban J connectivity index is 2.42. The SMILES string of the molecule is CC1=CCC(CCCC=O)C1(C)C. The molecule has 0 spiro atoms. The van der Waals surface area contributed by atoms with Gasteiger partial charge in [0.1, 0.15) is 6.29 Å². The molecular formula is C12H20O. The van der Waals surface area contributed by atoms with Crippen LogP contribution in [0.1, 0.15) is 46.5 Å². The van der Waals surface area contributed by atoms with E-state index in [1.165, 1.54) is 18.4 Å². The minimum atomic E-state index is 0.364. The first kappa shape index (κ1) is 10.5. The van der Waals surface area contributed by atoms with Gasteiger partial charge in [-0.15, -0.1) is 0 Å². The average Bonchev–Trinajstić information content (AvgIpc) is 2.32. The number of carbonyl (C=O) groups is 1. The standard InChI is InChI=1S/C12H20O/c1-10-7-8-11(12(10,2)3)6-4-5-9-13/h7,9,11H,4-6,8H2,1-3H3. The van der Waals surface area contributed by atoms with Crippen molar-refractivity contribution in [1.82, 2.24) is 0 Å². The molecule has 0 bridgehead atoms. The molecule has 1 aliphatic carbocycles. The van der Waals surface area contributed by atoms with Gasteiger partial charge < -0.3 is 4.79 Å². The van der Waals surface area contributed by atoms with Crippen molar-refractivity contribution in [1.29, 1.82) is 0 Å². The normalized spacial score (nSPS) is 25.8. The van der Waals surface area contributed by atoms with Gasteiger partial charge in [-0.1, -0.05) is 25.5 Å². The van der Waals surface area contributed by atoms with Gasteiger partial charge in [-0.05, 0) is 37.5 Å². The maximum absolute atomic E-state index is 10.2. The Kier molecular flexibility index (Phi) is 3.29. The highest BCUT2D eigenvalue weighted by Crippen LogP contribution is 2.45. The van der Waals surface area contributed by atoms with Crippen LogP contribution in [0.3, 0.4) is 0 Å². The van der Waals surface area contributed by atoms with E-state index in [0.29, 0.717) is 5.41 Å². The zero-order chi connectivity index (χ0) is 9.90. The Morgan fingerprint density at radius 3 is 2.77 bits per heavy atom. The predicted molar refractivity (Wildman–Crippen MR) is 55.6 cm³/mol. The van der Waals surface area contributed by atoms with Crippen molar-refractivity contribution in [2.45, 2.75) is 46.5 Å². The van der Waals surface area contributed by atoms with Gasteiger partial charge in [0.25, 0.3) is 0 Å². The first-order valence-electron chi connectivity index (χ1n) is 5.20. The van der Waals surface area contributed by atoms with Crippen molar-refractivity contribution >= 4 is 6.29 Å². The van der Waals surface area contributed by atoms with E-state index in [1.807, 2.05) is 0 Å². The quantitative estimate of drug-likeness (QED) is 0.368.